The second-order valence-electron chi connectivity index (χ2n) is 4.62. The van der Waals surface area contributed by atoms with Crippen LogP contribution in [0.4, 0.5) is 5.69 Å². The number of nitrogens with one attached hydrogen (secondary N) is 1. The van der Waals surface area contributed by atoms with Crippen molar-refractivity contribution in [3.8, 4) is 0 Å². The molecule has 0 radical (unpaired) electrons. The number of anilines is 1. The van der Waals surface area contributed by atoms with Crippen LogP contribution in [0.2, 0.25) is 0 Å². The summed E-state index contributed by atoms with van der Waals surface area (Å²) >= 11 is 6.70. The number of nitrogens with two attached hydrogens (primary N) is 1. The predicted octanol–water partition coefficient (Wildman–Crippen LogP) is 3.19. The summed E-state index contributed by atoms with van der Waals surface area (Å²) in [6.07, 6.45) is 2.73. The number of hydrogen-bond donors (Lipinski definition) is 3. The molecule has 100 valence electrons. The third-order valence-corrected chi connectivity index (χ3v) is 4.32. The average molecular weight is 379 g/mol. The van der Waals surface area contributed by atoms with Gasteiger partial charge < -0.3 is 16.2 Å². The van der Waals surface area contributed by atoms with Crippen molar-refractivity contribution in [3.05, 3.63) is 26.6 Å². The Morgan fingerprint density at radius 1 is 1.44 bits per heavy atom. The number of aliphatic hydroxyl groups excluding tert-OH is 1. The first-order chi connectivity index (χ1) is 9.29. The van der Waals surface area contributed by atoms with Crippen LogP contribution in [0, 0.1) is 0 Å². The average Bonchev–Trinajstić information content (AvgIpc) is 2.36. The van der Waals surface area contributed by atoms with Crippen molar-refractivity contribution in [1.29, 1.82) is 0 Å². The maximum absolute atomic E-state index is 9.51. The Balaban J connectivity index is 2.18. The Labute approximate surface area is 127 Å². The van der Waals surface area contributed by atoms with E-state index in [2.05, 4.69) is 37.2 Å². The summed E-state index contributed by atoms with van der Waals surface area (Å²) in [5.41, 5.74) is 6.80. The fourth-order valence-electron chi connectivity index (χ4n) is 2.09. The van der Waals surface area contributed by atoms with Crippen molar-refractivity contribution in [3.63, 3.8) is 0 Å². The largest absolute Gasteiger partial charge is 0.398 e. The Kier molecular flexibility index (Phi) is 4.14. The molecular weight excluding hydrogens is 360 g/mol. The van der Waals surface area contributed by atoms with Crippen molar-refractivity contribution >= 4 is 37.5 Å². The topological polar surface area (TPSA) is 58.3 Å². The maximum atomic E-state index is 9.51. The third kappa shape index (κ3) is 3.70. The fourth-order valence-corrected chi connectivity index (χ4v) is 3.31. The van der Waals surface area contributed by atoms with E-state index >= 15 is 0 Å². The molecule has 1 aromatic carbocycles. The Morgan fingerprint density at radius 3 is 2.78 bits per heavy atom. The highest BCUT2D eigenvalue weighted by atomic mass is 79.9. The molecule has 1 unspecified atom stereocenters. The molecule has 0 amide bonds. The molecule has 4 N–H and O–H groups in total. The van der Waals surface area contributed by atoms with E-state index in [1.165, 1.54) is 0 Å². The summed E-state index contributed by atoms with van der Waals surface area (Å²) in [6.45, 7) is -1.71. The molecule has 0 heterocycles. The summed E-state index contributed by atoms with van der Waals surface area (Å²) in [5.74, 6) is 0. The summed E-state index contributed by atoms with van der Waals surface area (Å²) in [6, 6.07) is 3.56. The SMILES string of the molecule is [1H]C([2H])(NC1CCC(O)CC1)c1cc(Br)cc(Br)c1N. The monoisotopic (exact) mass is 377 g/mol. The fraction of sp³-hybridized carbons (Fsp3) is 0.538. The van der Waals surface area contributed by atoms with E-state index in [1.807, 2.05) is 0 Å². The molecule has 5 heteroatoms. The Morgan fingerprint density at radius 2 is 2.11 bits per heavy atom. The second kappa shape index (κ2) is 6.37. The quantitative estimate of drug-likeness (QED) is 0.708. The minimum atomic E-state index is -1.71. The lowest BCUT2D eigenvalue weighted by Crippen LogP contribution is -2.34. The lowest BCUT2D eigenvalue weighted by atomic mass is 9.93. The van der Waals surface area contributed by atoms with E-state index in [-0.39, 0.29) is 12.1 Å². The number of hydrogen-bond acceptors (Lipinski definition) is 3. The van der Waals surface area contributed by atoms with E-state index in [9.17, 15) is 5.11 Å². The van der Waals surface area contributed by atoms with Crippen LogP contribution < -0.4 is 11.1 Å². The smallest absolute Gasteiger partial charge is 0.0541 e. The molecule has 0 aromatic heterocycles. The van der Waals surface area contributed by atoms with Gasteiger partial charge >= 0.3 is 0 Å². The molecule has 18 heavy (non-hydrogen) atoms. The van der Waals surface area contributed by atoms with Crippen LogP contribution in [0.5, 0.6) is 0 Å². The van der Waals surface area contributed by atoms with Crippen LogP contribution >= 0.6 is 31.9 Å². The Bertz CT molecular complexity index is 492. The van der Waals surface area contributed by atoms with Gasteiger partial charge in [-0.05, 0) is 59.3 Å². The number of benzene rings is 1. The van der Waals surface area contributed by atoms with Crippen molar-refractivity contribution in [2.24, 2.45) is 0 Å². The van der Waals surface area contributed by atoms with E-state index in [0.29, 0.717) is 28.6 Å². The van der Waals surface area contributed by atoms with Gasteiger partial charge in [-0.25, -0.2) is 0 Å². The molecule has 1 aliphatic rings. The lowest BCUT2D eigenvalue weighted by molar-refractivity contribution is 0.116. The van der Waals surface area contributed by atoms with Crippen molar-refractivity contribution < 1.29 is 7.85 Å². The van der Waals surface area contributed by atoms with Gasteiger partial charge in [0.15, 0.2) is 0 Å². The van der Waals surface area contributed by atoms with Gasteiger partial charge in [-0.1, -0.05) is 15.9 Å². The highest BCUT2D eigenvalue weighted by Gasteiger charge is 2.19. The number of rotatable bonds is 3. The van der Waals surface area contributed by atoms with Gasteiger partial charge in [-0.3, -0.25) is 0 Å². The van der Waals surface area contributed by atoms with Crippen molar-refractivity contribution in [2.75, 3.05) is 5.73 Å². The molecule has 0 bridgehead atoms. The van der Waals surface area contributed by atoms with Crippen LogP contribution in [-0.4, -0.2) is 17.3 Å². The normalized spacial score (nSPS) is 29.3. The molecule has 0 spiro atoms. The summed E-state index contributed by atoms with van der Waals surface area (Å²) in [4.78, 5) is 0. The van der Waals surface area contributed by atoms with Crippen LogP contribution in [0.15, 0.2) is 21.1 Å². The molecule has 1 atom stereocenters. The highest BCUT2D eigenvalue weighted by Crippen LogP contribution is 2.28. The van der Waals surface area contributed by atoms with Crippen LogP contribution in [0.3, 0.4) is 0 Å². The van der Waals surface area contributed by atoms with Crippen molar-refractivity contribution in [1.82, 2.24) is 5.32 Å². The zero-order valence-corrected chi connectivity index (χ0v) is 13.1. The van der Waals surface area contributed by atoms with E-state index in [1.54, 1.807) is 12.1 Å². The molecule has 3 nitrogen and oxygen atoms in total. The highest BCUT2D eigenvalue weighted by molar-refractivity contribution is 9.11. The first-order valence-electron chi connectivity index (χ1n) is 7.00. The maximum Gasteiger partial charge on any atom is 0.0541 e. The summed E-state index contributed by atoms with van der Waals surface area (Å²) < 4.78 is 18.0. The van der Waals surface area contributed by atoms with E-state index < -0.39 is 6.50 Å². The van der Waals surface area contributed by atoms with Crippen LogP contribution in [0.1, 0.15) is 34.0 Å². The molecule has 2 rings (SSSR count). The summed E-state index contributed by atoms with van der Waals surface area (Å²) in [7, 11) is 0. The van der Waals surface area contributed by atoms with E-state index in [0.717, 1.165) is 17.3 Å². The van der Waals surface area contributed by atoms with Gasteiger partial charge in [0, 0.05) is 24.2 Å². The first kappa shape index (κ1) is 11.7. The zero-order chi connectivity index (χ0) is 14.9. The standard InChI is InChI=1S/C13H18Br2N2O/c14-9-5-8(13(16)12(15)6-9)7-17-10-1-3-11(18)4-2-10/h5-6,10-11,17-18H,1-4,7,16H2/i7DH. The summed E-state index contributed by atoms with van der Waals surface area (Å²) in [5, 5.41) is 12.5. The predicted molar refractivity (Wildman–Crippen MR) is 81.4 cm³/mol. The minimum absolute atomic E-state index is 0.0607. The molecule has 1 aromatic rings. The van der Waals surface area contributed by atoms with Crippen molar-refractivity contribution in [2.45, 2.75) is 44.3 Å². The van der Waals surface area contributed by atoms with Gasteiger partial charge in [-0.15, -0.1) is 0 Å². The number of aliphatic hydroxyl groups is 1. The molecule has 1 aliphatic carbocycles. The minimum Gasteiger partial charge on any atom is -0.398 e. The molecule has 1 fully saturated rings. The van der Waals surface area contributed by atoms with E-state index in [4.69, 9.17) is 8.48 Å². The number of halogens is 2. The lowest BCUT2D eigenvalue weighted by Gasteiger charge is -2.26. The number of nitrogen functional groups attached to an aromatic ring is 1. The Hall–Kier alpha value is -0.100. The first-order valence-corrected chi connectivity index (χ1v) is 7.59. The second-order valence-corrected chi connectivity index (χ2v) is 6.39. The van der Waals surface area contributed by atoms with Gasteiger partial charge in [0.05, 0.1) is 11.8 Å². The molecule has 1 saturated carbocycles. The van der Waals surface area contributed by atoms with Gasteiger partial charge in [0.1, 0.15) is 0 Å². The molecular formula is C13H18Br2N2O. The molecule has 0 saturated heterocycles. The zero-order valence-electron chi connectivity index (χ0n) is 11.9. The van der Waals surface area contributed by atoms with Gasteiger partial charge in [0.25, 0.3) is 0 Å². The molecule has 0 aliphatic heterocycles. The van der Waals surface area contributed by atoms with Gasteiger partial charge in [0.2, 0.25) is 0 Å². The van der Waals surface area contributed by atoms with Gasteiger partial charge in [-0.2, -0.15) is 0 Å². The van der Waals surface area contributed by atoms with Crippen LogP contribution in [0.25, 0.3) is 0 Å². The third-order valence-electron chi connectivity index (χ3n) is 3.20. The van der Waals surface area contributed by atoms with Crippen LogP contribution in [-0.2, 0) is 6.50 Å².